The van der Waals surface area contributed by atoms with E-state index in [0.717, 1.165) is 11.9 Å². The summed E-state index contributed by atoms with van der Waals surface area (Å²) >= 11 is 0. The maximum atomic E-state index is 5.01. The summed E-state index contributed by atoms with van der Waals surface area (Å²) in [4.78, 5) is 0. The van der Waals surface area contributed by atoms with Crippen molar-refractivity contribution in [3.05, 3.63) is 24.2 Å². The van der Waals surface area contributed by atoms with Crippen LogP contribution in [0.2, 0.25) is 0 Å². The summed E-state index contributed by atoms with van der Waals surface area (Å²) < 4.78 is 14.9. The number of furan rings is 1. The summed E-state index contributed by atoms with van der Waals surface area (Å²) in [5.41, 5.74) is 1.08. The molecule has 0 aliphatic heterocycles. The summed E-state index contributed by atoms with van der Waals surface area (Å²) in [6, 6.07) is 1.89. The second kappa shape index (κ2) is 4.21. The van der Waals surface area contributed by atoms with Crippen LogP contribution in [0.3, 0.4) is 0 Å². The van der Waals surface area contributed by atoms with Gasteiger partial charge in [0, 0.05) is 20.5 Å². The van der Waals surface area contributed by atoms with E-state index in [1.807, 2.05) is 6.07 Å². The van der Waals surface area contributed by atoms with Crippen LogP contribution in [0.15, 0.2) is 23.0 Å². The van der Waals surface area contributed by atoms with E-state index in [1.165, 1.54) is 0 Å². The SMILES string of the molecule is COB(Cc1ccoc1)OC. The van der Waals surface area contributed by atoms with E-state index in [9.17, 15) is 0 Å². The lowest BCUT2D eigenvalue weighted by Gasteiger charge is -2.05. The molecule has 0 radical (unpaired) electrons. The summed E-state index contributed by atoms with van der Waals surface area (Å²) in [6.45, 7) is 0. The molecule has 0 bridgehead atoms. The normalized spacial score (nSPS) is 10.0. The molecule has 0 unspecified atom stereocenters. The fourth-order valence-electron chi connectivity index (χ4n) is 0.864. The molecule has 3 nitrogen and oxygen atoms in total. The Morgan fingerprint density at radius 3 is 2.64 bits per heavy atom. The second-order valence-electron chi connectivity index (χ2n) is 2.24. The zero-order valence-electron chi connectivity index (χ0n) is 6.74. The highest BCUT2D eigenvalue weighted by molar-refractivity contribution is 6.43. The van der Waals surface area contributed by atoms with E-state index in [1.54, 1.807) is 26.7 Å². The van der Waals surface area contributed by atoms with Crippen LogP contribution in [0.4, 0.5) is 0 Å². The Kier molecular flexibility index (Phi) is 3.20. The number of hydrogen-bond acceptors (Lipinski definition) is 3. The predicted molar refractivity (Wildman–Crippen MR) is 42.2 cm³/mol. The van der Waals surface area contributed by atoms with Crippen LogP contribution in [-0.4, -0.2) is 21.3 Å². The lowest BCUT2D eigenvalue weighted by molar-refractivity contribution is 0.277. The molecule has 0 aromatic carbocycles. The van der Waals surface area contributed by atoms with Crippen LogP contribution in [-0.2, 0) is 15.6 Å². The molecule has 11 heavy (non-hydrogen) atoms. The van der Waals surface area contributed by atoms with Gasteiger partial charge < -0.3 is 13.7 Å². The van der Waals surface area contributed by atoms with E-state index >= 15 is 0 Å². The maximum absolute atomic E-state index is 5.01. The van der Waals surface area contributed by atoms with Crippen molar-refractivity contribution < 1.29 is 13.7 Å². The molecule has 0 N–H and O–H groups in total. The first-order valence-electron chi connectivity index (χ1n) is 3.43. The molecule has 1 aromatic heterocycles. The van der Waals surface area contributed by atoms with E-state index in [2.05, 4.69) is 0 Å². The van der Waals surface area contributed by atoms with Gasteiger partial charge in [0.15, 0.2) is 0 Å². The second-order valence-corrected chi connectivity index (χ2v) is 2.24. The Morgan fingerprint density at radius 1 is 1.45 bits per heavy atom. The van der Waals surface area contributed by atoms with E-state index < -0.39 is 0 Å². The molecule has 0 amide bonds. The van der Waals surface area contributed by atoms with Crippen LogP contribution < -0.4 is 0 Å². The third-order valence-corrected chi connectivity index (χ3v) is 1.51. The Labute approximate surface area is 66.4 Å². The quantitative estimate of drug-likeness (QED) is 0.609. The van der Waals surface area contributed by atoms with Gasteiger partial charge in [-0.05, 0) is 11.6 Å². The van der Waals surface area contributed by atoms with E-state index in [4.69, 9.17) is 13.7 Å². The highest BCUT2D eigenvalue weighted by atomic mass is 16.6. The minimum absolute atomic E-state index is 0.174. The average molecular weight is 154 g/mol. The van der Waals surface area contributed by atoms with E-state index in [0.29, 0.717) is 0 Å². The fourth-order valence-corrected chi connectivity index (χ4v) is 0.864. The number of rotatable bonds is 4. The first kappa shape index (κ1) is 8.36. The van der Waals surface area contributed by atoms with Crippen molar-refractivity contribution >= 4 is 7.12 Å². The zero-order valence-corrected chi connectivity index (χ0v) is 6.74. The van der Waals surface area contributed by atoms with Crippen molar-refractivity contribution in [2.45, 2.75) is 6.32 Å². The average Bonchev–Trinajstić information content (AvgIpc) is 2.52. The Morgan fingerprint density at radius 2 is 2.18 bits per heavy atom. The van der Waals surface area contributed by atoms with Gasteiger partial charge in [0.1, 0.15) is 0 Å². The molecule has 0 aliphatic carbocycles. The molecule has 0 saturated heterocycles. The summed E-state index contributed by atoms with van der Waals surface area (Å²) in [7, 11) is 3.07. The molecule has 0 fully saturated rings. The molecule has 1 aromatic rings. The van der Waals surface area contributed by atoms with Crippen molar-refractivity contribution in [2.75, 3.05) is 14.2 Å². The van der Waals surface area contributed by atoms with Gasteiger partial charge in [-0.3, -0.25) is 0 Å². The van der Waals surface area contributed by atoms with Crippen LogP contribution in [0.25, 0.3) is 0 Å². The lowest BCUT2D eigenvalue weighted by atomic mass is 9.82. The minimum atomic E-state index is -0.174. The third-order valence-electron chi connectivity index (χ3n) is 1.51. The van der Waals surface area contributed by atoms with Crippen molar-refractivity contribution in [3.63, 3.8) is 0 Å². The van der Waals surface area contributed by atoms with Gasteiger partial charge in [-0.15, -0.1) is 0 Å². The standard InChI is InChI=1S/C7H11BO3/c1-9-8(10-2)5-7-3-4-11-6-7/h3-4,6H,5H2,1-2H3. The minimum Gasteiger partial charge on any atom is -0.472 e. The molecule has 0 aliphatic rings. The van der Waals surface area contributed by atoms with E-state index in [-0.39, 0.29) is 7.12 Å². The molecule has 0 spiro atoms. The largest absolute Gasteiger partial charge is 0.472 e. The summed E-state index contributed by atoms with van der Waals surface area (Å²) in [6.07, 6.45) is 4.05. The molecule has 1 rings (SSSR count). The summed E-state index contributed by atoms with van der Waals surface area (Å²) in [5, 5.41) is 0. The predicted octanol–water partition coefficient (Wildman–Crippen LogP) is 1.14. The molecule has 0 atom stereocenters. The van der Waals surface area contributed by atoms with Crippen molar-refractivity contribution in [2.24, 2.45) is 0 Å². The molecular formula is C7H11BO3. The molecule has 60 valence electrons. The Bertz CT molecular complexity index is 182. The summed E-state index contributed by atoms with van der Waals surface area (Å²) in [5.74, 6) is 0. The van der Waals surface area contributed by atoms with Gasteiger partial charge in [-0.25, -0.2) is 0 Å². The van der Waals surface area contributed by atoms with Crippen LogP contribution in [0, 0.1) is 0 Å². The van der Waals surface area contributed by atoms with Crippen molar-refractivity contribution in [1.29, 1.82) is 0 Å². The molecule has 0 saturated carbocycles. The monoisotopic (exact) mass is 154 g/mol. The van der Waals surface area contributed by atoms with Crippen LogP contribution >= 0.6 is 0 Å². The molecule has 1 heterocycles. The fraction of sp³-hybridized carbons (Fsp3) is 0.429. The van der Waals surface area contributed by atoms with Crippen molar-refractivity contribution in [1.82, 2.24) is 0 Å². The third kappa shape index (κ3) is 2.40. The lowest BCUT2D eigenvalue weighted by Crippen LogP contribution is -2.22. The topological polar surface area (TPSA) is 31.6 Å². The smallest absolute Gasteiger partial charge is 0.461 e. The van der Waals surface area contributed by atoms with Crippen molar-refractivity contribution in [3.8, 4) is 0 Å². The first-order chi connectivity index (χ1) is 5.36. The Balaban J connectivity index is 2.41. The Hall–Kier alpha value is -0.735. The number of hydrogen-bond donors (Lipinski definition) is 0. The highest BCUT2D eigenvalue weighted by Gasteiger charge is 2.15. The van der Waals surface area contributed by atoms with Gasteiger partial charge in [0.05, 0.1) is 12.5 Å². The van der Waals surface area contributed by atoms with Crippen LogP contribution in [0.1, 0.15) is 5.56 Å². The van der Waals surface area contributed by atoms with Crippen LogP contribution in [0.5, 0.6) is 0 Å². The first-order valence-corrected chi connectivity index (χ1v) is 3.43. The van der Waals surface area contributed by atoms with Gasteiger partial charge in [-0.1, -0.05) is 0 Å². The zero-order chi connectivity index (χ0) is 8.10. The molecular weight excluding hydrogens is 143 g/mol. The van der Waals surface area contributed by atoms with Gasteiger partial charge in [0.25, 0.3) is 0 Å². The maximum Gasteiger partial charge on any atom is 0.461 e. The molecule has 4 heteroatoms. The van der Waals surface area contributed by atoms with Gasteiger partial charge in [-0.2, -0.15) is 0 Å². The highest BCUT2D eigenvalue weighted by Crippen LogP contribution is 2.03. The van der Waals surface area contributed by atoms with Gasteiger partial charge >= 0.3 is 7.12 Å². The van der Waals surface area contributed by atoms with Gasteiger partial charge in [0.2, 0.25) is 0 Å².